The largest absolute Gasteiger partial charge is 0.591 e. The van der Waals surface area contributed by atoms with Gasteiger partial charge in [0.15, 0.2) is 0 Å². The lowest BCUT2D eigenvalue weighted by atomic mass is 9.83. The predicted molar refractivity (Wildman–Crippen MR) is 111 cm³/mol. The van der Waals surface area contributed by atoms with Crippen LogP contribution in [0.3, 0.4) is 0 Å². The zero-order valence-electron chi connectivity index (χ0n) is 17.7. The number of nitrogens with zero attached hydrogens (tertiary/aromatic N) is 3. The van der Waals surface area contributed by atoms with Crippen LogP contribution in [0.25, 0.3) is 0 Å². The molecule has 0 aliphatic carbocycles. The maximum Gasteiger partial charge on any atom is 0.409 e. The highest BCUT2D eigenvalue weighted by atomic mass is 32.2. The van der Waals surface area contributed by atoms with Gasteiger partial charge in [-0.3, -0.25) is 0 Å². The van der Waals surface area contributed by atoms with Crippen molar-refractivity contribution in [3.8, 4) is 11.6 Å². The predicted octanol–water partition coefficient (Wildman–Crippen LogP) is 3.12. The Kier molecular flexibility index (Phi) is 6.28. The van der Waals surface area contributed by atoms with E-state index in [0.29, 0.717) is 62.0 Å². The van der Waals surface area contributed by atoms with Crippen LogP contribution in [0.4, 0.5) is 4.79 Å². The molecule has 0 bridgehead atoms. The van der Waals surface area contributed by atoms with Gasteiger partial charge in [-0.25, -0.2) is 9.78 Å². The zero-order valence-corrected chi connectivity index (χ0v) is 18.5. The molecule has 0 aromatic carbocycles. The smallest absolute Gasteiger partial charge is 0.409 e. The van der Waals surface area contributed by atoms with E-state index in [-0.39, 0.29) is 6.09 Å². The lowest BCUT2D eigenvalue weighted by molar-refractivity contribution is 0.00176. The Morgan fingerprint density at radius 3 is 2.66 bits per heavy atom. The number of hydrogen-bond acceptors (Lipinski definition) is 7. The SMILES string of the molecule is CCOC(=O)N1CCC2(CC1)C/C(=N\[S@@+]([O-])C(C)(C)C)c1nc(OC)ccc1O2. The molecule has 0 N–H and O–H groups in total. The van der Waals surface area contributed by atoms with Crippen molar-refractivity contribution in [1.82, 2.24) is 9.88 Å². The summed E-state index contributed by atoms with van der Waals surface area (Å²) in [5.74, 6) is 1.06. The van der Waals surface area contributed by atoms with E-state index in [0.717, 1.165) is 0 Å². The van der Waals surface area contributed by atoms with Crippen LogP contribution in [0, 0.1) is 0 Å². The number of piperidine rings is 1. The number of carbonyl (C=O) groups excluding carboxylic acids is 1. The third-order valence-corrected chi connectivity index (χ3v) is 6.48. The Balaban J connectivity index is 1.90. The second kappa shape index (κ2) is 8.39. The first-order valence-corrected chi connectivity index (χ1v) is 10.9. The first kappa shape index (κ1) is 21.7. The molecule has 0 radical (unpaired) electrons. The second-order valence-electron chi connectivity index (χ2n) is 8.25. The molecule has 2 aliphatic heterocycles. The summed E-state index contributed by atoms with van der Waals surface area (Å²) in [6, 6.07) is 3.55. The van der Waals surface area contributed by atoms with Crippen molar-refractivity contribution in [2.24, 2.45) is 4.40 Å². The maximum absolute atomic E-state index is 12.7. The van der Waals surface area contributed by atoms with E-state index in [9.17, 15) is 9.35 Å². The fraction of sp³-hybridized carbons (Fsp3) is 0.650. The Morgan fingerprint density at radius 2 is 2.07 bits per heavy atom. The van der Waals surface area contributed by atoms with Gasteiger partial charge in [0.25, 0.3) is 0 Å². The molecule has 3 rings (SSSR count). The van der Waals surface area contributed by atoms with Gasteiger partial charge in [-0.2, -0.15) is 0 Å². The molecule has 1 amide bonds. The van der Waals surface area contributed by atoms with Gasteiger partial charge in [0, 0.05) is 38.4 Å². The van der Waals surface area contributed by atoms with E-state index >= 15 is 0 Å². The Hall–Kier alpha value is -2.00. The Bertz CT molecular complexity index is 785. The van der Waals surface area contributed by atoms with Crippen LogP contribution in [0.5, 0.6) is 11.6 Å². The minimum Gasteiger partial charge on any atom is -0.591 e. The van der Waals surface area contributed by atoms with Crippen molar-refractivity contribution in [3.63, 3.8) is 0 Å². The van der Waals surface area contributed by atoms with Crippen LogP contribution in [-0.2, 0) is 16.1 Å². The van der Waals surface area contributed by atoms with Crippen LogP contribution in [0.1, 0.15) is 52.7 Å². The second-order valence-corrected chi connectivity index (χ2v) is 10.2. The lowest BCUT2D eigenvalue weighted by Crippen LogP contribution is -2.52. The van der Waals surface area contributed by atoms with Gasteiger partial charge < -0.3 is 23.7 Å². The molecule has 1 atom stereocenters. The van der Waals surface area contributed by atoms with Crippen molar-refractivity contribution in [1.29, 1.82) is 0 Å². The van der Waals surface area contributed by atoms with Gasteiger partial charge in [0.2, 0.25) is 5.88 Å². The molecule has 1 saturated heterocycles. The van der Waals surface area contributed by atoms with Crippen LogP contribution < -0.4 is 9.47 Å². The summed E-state index contributed by atoms with van der Waals surface area (Å²) in [5, 5.41) is 0. The first-order valence-electron chi connectivity index (χ1n) is 9.83. The standard InChI is InChI=1S/C20H29N3O5S/c1-6-27-18(24)23-11-9-20(10-12-23)13-14(22-29(25)19(2,3)4)17-15(28-20)7-8-16(21-17)26-5/h7-8H,6,9-13H2,1-5H3/b22-14+/t29-/m0/s1. The van der Waals surface area contributed by atoms with Gasteiger partial charge in [-0.1, -0.05) is 4.40 Å². The van der Waals surface area contributed by atoms with Crippen molar-refractivity contribution in [2.45, 2.75) is 57.3 Å². The van der Waals surface area contributed by atoms with E-state index < -0.39 is 21.7 Å². The van der Waals surface area contributed by atoms with E-state index in [1.165, 1.54) is 0 Å². The number of aromatic nitrogens is 1. The summed E-state index contributed by atoms with van der Waals surface area (Å²) >= 11 is -1.42. The molecule has 1 aromatic rings. The highest BCUT2D eigenvalue weighted by molar-refractivity contribution is 7.91. The summed E-state index contributed by atoms with van der Waals surface area (Å²) in [7, 11) is 1.55. The molecule has 9 heteroatoms. The van der Waals surface area contributed by atoms with Gasteiger partial charge in [0.05, 0.1) is 13.7 Å². The molecule has 0 saturated carbocycles. The highest BCUT2D eigenvalue weighted by Crippen LogP contribution is 2.40. The van der Waals surface area contributed by atoms with Gasteiger partial charge in [-0.05, 0) is 33.8 Å². The fourth-order valence-corrected chi connectivity index (χ4v) is 4.02. The molecule has 1 fully saturated rings. The van der Waals surface area contributed by atoms with Crippen molar-refractivity contribution in [3.05, 3.63) is 17.8 Å². The van der Waals surface area contributed by atoms with Crippen LogP contribution >= 0.6 is 0 Å². The summed E-state index contributed by atoms with van der Waals surface area (Å²) in [6.07, 6.45) is 1.46. The lowest BCUT2D eigenvalue weighted by Gasteiger charge is -2.43. The summed E-state index contributed by atoms with van der Waals surface area (Å²) in [4.78, 5) is 18.2. The molecule has 2 aliphatic rings. The third-order valence-electron chi connectivity index (χ3n) is 5.05. The average molecular weight is 424 g/mol. The molecule has 1 spiro atoms. The number of rotatable bonds is 3. The average Bonchev–Trinajstić information content (AvgIpc) is 2.67. The normalized spacial score (nSPS) is 20.8. The van der Waals surface area contributed by atoms with Gasteiger partial charge in [0.1, 0.15) is 38.9 Å². The van der Waals surface area contributed by atoms with E-state index in [2.05, 4.69) is 9.38 Å². The van der Waals surface area contributed by atoms with Gasteiger partial charge in [-0.15, -0.1) is 0 Å². The minimum atomic E-state index is -1.42. The molecule has 8 nitrogen and oxygen atoms in total. The van der Waals surface area contributed by atoms with Crippen molar-refractivity contribution < 1.29 is 23.6 Å². The van der Waals surface area contributed by atoms with E-state index in [1.807, 2.05) is 26.8 Å². The summed E-state index contributed by atoms with van der Waals surface area (Å²) < 4.78 is 33.5. The van der Waals surface area contributed by atoms with Gasteiger partial charge >= 0.3 is 6.09 Å². The van der Waals surface area contributed by atoms with Crippen molar-refractivity contribution >= 4 is 23.2 Å². The fourth-order valence-electron chi connectivity index (χ4n) is 3.39. The monoisotopic (exact) mass is 423 g/mol. The summed E-state index contributed by atoms with van der Waals surface area (Å²) in [5.41, 5.74) is 0.719. The number of likely N-dealkylation sites (tertiary alicyclic amines) is 1. The zero-order chi connectivity index (χ0) is 21.2. The van der Waals surface area contributed by atoms with Crippen molar-refractivity contribution in [2.75, 3.05) is 26.8 Å². The quantitative estimate of drug-likeness (QED) is 0.693. The van der Waals surface area contributed by atoms with E-state index in [4.69, 9.17) is 14.2 Å². The van der Waals surface area contributed by atoms with Crippen LogP contribution in [0.2, 0.25) is 0 Å². The molecule has 29 heavy (non-hydrogen) atoms. The summed E-state index contributed by atoms with van der Waals surface area (Å²) in [6.45, 7) is 8.89. The number of hydrogen-bond donors (Lipinski definition) is 0. The Labute approximate surface area is 175 Å². The number of fused-ring (bicyclic) bond motifs is 1. The topological polar surface area (TPSA) is 96.3 Å². The number of ether oxygens (including phenoxy) is 3. The molecular weight excluding hydrogens is 394 g/mol. The number of methoxy groups -OCH3 is 1. The van der Waals surface area contributed by atoms with Crippen LogP contribution in [-0.4, -0.2) is 63.4 Å². The Morgan fingerprint density at radius 1 is 1.38 bits per heavy atom. The third kappa shape index (κ3) is 4.78. The molecule has 160 valence electrons. The van der Waals surface area contributed by atoms with E-state index in [1.54, 1.807) is 25.0 Å². The molecule has 0 unspecified atom stereocenters. The number of carbonyl (C=O) groups is 1. The molecule has 3 heterocycles. The molecule has 1 aromatic heterocycles. The van der Waals surface area contributed by atoms with Crippen LogP contribution in [0.15, 0.2) is 16.5 Å². The first-order chi connectivity index (χ1) is 13.7. The minimum absolute atomic E-state index is 0.298. The molecular formula is C20H29N3O5S. The highest BCUT2D eigenvalue weighted by Gasteiger charge is 2.45. The maximum atomic E-state index is 12.7. The number of pyridine rings is 1. The number of amides is 1.